The number of carbonyl (C=O) groups is 1. The lowest BCUT2D eigenvalue weighted by atomic mass is 9.97. The van der Waals surface area contributed by atoms with Crippen LogP contribution in [0.15, 0.2) is 48.5 Å². The van der Waals surface area contributed by atoms with Crippen molar-refractivity contribution in [1.82, 2.24) is 4.90 Å². The van der Waals surface area contributed by atoms with E-state index in [0.717, 1.165) is 96.1 Å². The van der Waals surface area contributed by atoms with Gasteiger partial charge in [0.1, 0.15) is 5.82 Å². The van der Waals surface area contributed by atoms with Crippen molar-refractivity contribution in [1.29, 1.82) is 0 Å². The van der Waals surface area contributed by atoms with Crippen molar-refractivity contribution in [3.63, 3.8) is 0 Å². The van der Waals surface area contributed by atoms with Gasteiger partial charge in [-0.2, -0.15) is 0 Å². The smallest absolute Gasteiger partial charge is 0.313 e. The lowest BCUT2D eigenvalue weighted by Gasteiger charge is -2.22. The van der Waals surface area contributed by atoms with Gasteiger partial charge in [-0.15, -0.1) is 0 Å². The van der Waals surface area contributed by atoms with Crippen LogP contribution < -0.4 is 0 Å². The highest BCUT2D eigenvalue weighted by Gasteiger charge is 2.19. The Labute approximate surface area is 355 Å². The summed E-state index contributed by atoms with van der Waals surface area (Å²) in [4.78, 5) is 15.1. The molecule has 1 atom stereocenters. The molecule has 0 bridgehead atoms. The molecular weight excluding hydrogens is 726 g/mol. The first-order valence-electron chi connectivity index (χ1n) is 24.1. The zero-order valence-corrected chi connectivity index (χ0v) is 37.5. The molecule has 0 saturated carbocycles. The minimum absolute atomic E-state index is 0.0893. The summed E-state index contributed by atoms with van der Waals surface area (Å²) in [6.45, 7) is 11.1. The number of esters is 1. The van der Waals surface area contributed by atoms with Crippen molar-refractivity contribution in [3.05, 3.63) is 59.9 Å². The Morgan fingerprint density at radius 1 is 0.603 bits per heavy atom. The fraction of sp³-hybridized carbons (Fsp3) is 0.745. The summed E-state index contributed by atoms with van der Waals surface area (Å²) in [7, 11) is 0. The van der Waals surface area contributed by atoms with Gasteiger partial charge in [0.25, 0.3) is 0 Å². The summed E-state index contributed by atoms with van der Waals surface area (Å²) in [5.41, 5.74) is 1.97. The minimum Gasteiger partial charge on any atom is -0.465 e. The molecule has 0 aromatic heterocycles. The largest absolute Gasteiger partial charge is 0.465 e. The predicted octanol–water partition coefficient (Wildman–Crippen LogP) is 14.0. The van der Waals surface area contributed by atoms with Crippen LogP contribution in [0.4, 0.5) is 4.39 Å². The molecule has 2 rings (SSSR count). The molecule has 7 heteroatoms. The first-order valence-corrected chi connectivity index (χ1v) is 24.1. The van der Waals surface area contributed by atoms with Gasteiger partial charge in [0, 0.05) is 25.3 Å². The molecule has 2 aromatic carbocycles. The van der Waals surface area contributed by atoms with Crippen molar-refractivity contribution in [2.45, 2.75) is 200 Å². The van der Waals surface area contributed by atoms with Crippen LogP contribution in [0.5, 0.6) is 0 Å². The number of hydrogen-bond acceptors (Lipinski definition) is 6. The maximum Gasteiger partial charge on any atom is 0.313 e. The lowest BCUT2D eigenvalue weighted by molar-refractivity contribution is -0.148. The molecule has 0 aliphatic carbocycles. The molecule has 0 aliphatic rings. The van der Waals surface area contributed by atoms with Crippen molar-refractivity contribution in [3.8, 4) is 11.1 Å². The summed E-state index contributed by atoms with van der Waals surface area (Å²) in [6.07, 6.45) is 31.8. The molecule has 0 radical (unpaired) electrons. The predicted molar refractivity (Wildman–Crippen MR) is 242 cm³/mol. The monoisotopic (exact) mass is 812 g/mol. The number of ether oxygens (including phenoxy) is 3. The van der Waals surface area contributed by atoms with E-state index in [1.54, 1.807) is 13.0 Å². The average Bonchev–Trinajstić information content (AvgIpc) is 3.24. The Morgan fingerprint density at radius 3 is 1.60 bits per heavy atom. The van der Waals surface area contributed by atoms with E-state index in [9.17, 15) is 14.3 Å². The first-order chi connectivity index (χ1) is 28.5. The highest BCUT2D eigenvalue weighted by atomic mass is 19.1. The second kappa shape index (κ2) is 36.5. The number of rotatable bonds is 40. The van der Waals surface area contributed by atoms with Crippen LogP contribution in [0.25, 0.3) is 11.1 Å². The van der Waals surface area contributed by atoms with Crippen LogP contribution >= 0.6 is 0 Å². The fourth-order valence-corrected chi connectivity index (χ4v) is 7.65. The van der Waals surface area contributed by atoms with Crippen LogP contribution in [0.3, 0.4) is 0 Å². The second-order valence-corrected chi connectivity index (χ2v) is 16.7. The molecule has 0 amide bonds. The summed E-state index contributed by atoms with van der Waals surface area (Å²) in [5, 5.41) is 9.69. The number of aliphatic hydroxyl groups is 1. The Kier molecular flexibility index (Phi) is 32.6. The summed E-state index contributed by atoms with van der Waals surface area (Å²) in [6, 6.07) is 14.4. The van der Waals surface area contributed by atoms with Gasteiger partial charge in [-0.1, -0.05) is 178 Å². The Bertz CT molecular complexity index is 1200. The number of aliphatic hydroxyl groups excluding tert-OH is 1. The van der Waals surface area contributed by atoms with Gasteiger partial charge in [-0.3, -0.25) is 4.79 Å². The van der Waals surface area contributed by atoms with Gasteiger partial charge >= 0.3 is 5.97 Å². The standard InChI is InChI=1S/C51H86FNO5/c1-4-6-8-10-12-14-16-19-29-41-56-50(57-42-30-20-17-15-13-11-9-7-5-2)34-26-23-28-38-53(39-40-54)37-27-18-21-31-43-58-51(55)45(3)47-35-36-48(49(52)44-47)46-32-24-22-25-33-46/h22,24-25,32-33,35-36,44-45,50,54H,4-21,23,26-31,34,37-43H2,1-3H3. The summed E-state index contributed by atoms with van der Waals surface area (Å²) < 4.78 is 33.0. The lowest BCUT2D eigenvalue weighted by Crippen LogP contribution is -2.29. The molecule has 1 N–H and O–H groups in total. The van der Waals surface area contributed by atoms with E-state index in [2.05, 4.69) is 18.7 Å². The highest BCUT2D eigenvalue weighted by Crippen LogP contribution is 2.27. The van der Waals surface area contributed by atoms with Crippen LogP contribution in [0.2, 0.25) is 0 Å². The van der Waals surface area contributed by atoms with Gasteiger partial charge in [0.15, 0.2) is 6.29 Å². The quantitative estimate of drug-likeness (QED) is 0.0411. The van der Waals surface area contributed by atoms with Crippen LogP contribution in [-0.2, 0) is 19.0 Å². The number of hydrogen-bond donors (Lipinski definition) is 1. The molecule has 58 heavy (non-hydrogen) atoms. The molecule has 0 saturated heterocycles. The van der Waals surface area contributed by atoms with Gasteiger partial charge in [0.2, 0.25) is 0 Å². The molecule has 0 fully saturated rings. The van der Waals surface area contributed by atoms with E-state index < -0.39 is 5.92 Å². The summed E-state index contributed by atoms with van der Waals surface area (Å²) in [5.74, 6) is -1.17. The maximum atomic E-state index is 14.8. The maximum absolute atomic E-state index is 14.8. The molecular formula is C51H86FNO5. The van der Waals surface area contributed by atoms with Crippen molar-refractivity contribution in [2.24, 2.45) is 0 Å². The number of unbranched alkanes of at least 4 members (excludes halogenated alkanes) is 21. The first kappa shape index (κ1) is 51.8. The molecule has 6 nitrogen and oxygen atoms in total. The fourth-order valence-electron chi connectivity index (χ4n) is 7.65. The topological polar surface area (TPSA) is 68.2 Å². The average molecular weight is 812 g/mol. The van der Waals surface area contributed by atoms with E-state index in [4.69, 9.17) is 14.2 Å². The number of carbonyl (C=O) groups excluding carboxylic acids is 1. The SMILES string of the molecule is CCCCCCCCCCCOC(CCCCCN(CCO)CCCCCCOC(=O)C(C)c1ccc(-c2ccccc2)c(F)c1)OCCCCCCCCCCC. The van der Waals surface area contributed by atoms with Crippen LogP contribution in [-0.4, -0.2) is 68.3 Å². The zero-order chi connectivity index (χ0) is 41.7. The normalized spacial score (nSPS) is 12.2. The van der Waals surface area contributed by atoms with Crippen molar-refractivity contribution in [2.75, 3.05) is 46.1 Å². The molecule has 0 spiro atoms. The van der Waals surface area contributed by atoms with Crippen molar-refractivity contribution >= 4 is 5.97 Å². The van der Waals surface area contributed by atoms with Gasteiger partial charge in [0.05, 0.1) is 19.1 Å². The Hall–Kier alpha value is -2.32. The number of benzene rings is 2. The Balaban J connectivity index is 1.60. The second-order valence-electron chi connectivity index (χ2n) is 16.7. The third-order valence-electron chi connectivity index (χ3n) is 11.5. The number of halogens is 1. The summed E-state index contributed by atoms with van der Waals surface area (Å²) >= 11 is 0. The molecule has 332 valence electrons. The number of nitrogens with zero attached hydrogens (tertiary/aromatic N) is 1. The molecule has 0 heterocycles. The minimum atomic E-state index is -0.522. The van der Waals surface area contributed by atoms with Gasteiger partial charge in [-0.05, 0) is 82.2 Å². The van der Waals surface area contributed by atoms with Crippen LogP contribution in [0, 0.1) is 5.82 Å². The van der Waals surface area contributed by atoms with E-state index in [1.807, 2.05) is 36.4 Å². The molecule has 2 aromatic rings. The van der Waals surface area contributed by atoms with Gasteiger partial charge in [-0.25, -0.2) is 4.39 Å². The van der Waals surface area contributed by atoms with E-state index in [-0.39, 0.29) is 24.7 Å². The third-order valence-corrected chi connectivity index (χ3v) is 11.5. The van der Waals surface area contributed by atoms with E-state index >= 15 is 0 Å². The zero-order valence-electron chi connectivity index (χ0n) is 37.5. The van der Waals surface area contributed by atoms with Crippen LogP contribution in [0.1, 0.15) is 199 Å². The highest BCUT2D eigenvalue weighted by molar-refractivity contribution is 5.78. The van der Waals surface area contributed by atoms with E-state index in [0.29, 0.717) is 24.3 Å². The Morgan fingerprint density at radius 2 is 1.09 bits per heavy atom. The third kappa shape index (κ3) is 26.0. The van der Waals surface area contributed by atoms with Gasteiger partial charge < -0.3 is 24.2 Å². The molecule has 0 aliphatic heterocycles. The van der Waals surface area contributed by atoms with E-state index in [1.165, 1.54) is 109 Å². The molecule has 1 unspecified atom stereocenters. The van der Waals surface area contributed by atoms with Crippen molar-refractivity contribution < 1.29 is 28.5 Å².